The third-order valence-corrected chi connectivity index (χ3v) is 6.12. The third kappa shape index (κ3) is 5.45. The number of hydrogen-bond donors (Lipinski definition) is 1. The third-order valence-electron chi connectivity index (χ3n) is 4.99. The number of anilines is 2. The second kappa shape index (κ2) is 8.79. The van der Waals surface area contributed by atoms with Gasteiger partial charge in [0.1, 0.15) is 4.90 Å². The van der Waals surface area contributed by atoms with Crippen molar-refractivity contribution >= 4 is 26.9 Å². The molecule has 3 rings (SSSR count). The highest BCUT2D eigenvalue weighted by atomic mass is 32.2. The Morgan fingerprint density at radius 3 is 2.34 bits per heavy atom. The molecule has 0 bridgehead atoms. The minimum atomic E-state index is -3.69. The van der Waals surface area contributed by atoms with E-state index in [1.165, 1.54) is 17.8 Å². The van der Waals surface area contributed by atoms with Crippen LogP contribution in [0, 0.1) is 10.1 Å². The van der Waals surface area contributed by atoms with E-state index in [-0.39, 0.29) is 10.9 Å². The summed E-state index contributed by atoms with van der Waals surface area (Å²) in [6, 6.07) is 14.5. The zero-order chi connectivity index (χ0) is 21.0. The van der Waals surface area contributed by atoms with Crippen LogP contribution in [0.2, 0.25) is 0 Å². The van der Waals surface area contributed by atoms with Crippen LogP contribution in [-0.4, -0.2) is 63.3 Å². The number of nitro groups is 1. The number of hydrogen-bond acceptors (Lipinski definition) is 7. The van der Waals surface area contributed by atoms with Crippen molar-refractivity contribution in [3.05, 3.63) is 58.6 Å². The van der Waals surface area contributed by atoms with E-state index in [4.69, 9.17) is 0 Å². The lowest BCUT2D eigenvalue weighted by atomic mass is 10.2. The van der Waals surface area contributed by atoms with E-state index in [1.807, 2.05) is 25.1 Å². The lowest BCUT2D eigenvalue weighted by Gasteiger charge is -2.37. The molecule has 1 unspecified atom stereocenters. The molecule has 9 heteroatoms. The van der Waals surface area contributed by atoms with Gasteiger partial charge in [0.05, 0.1) is 4.92 Å². The maximum atomic E-state index is 11.9. The van der Waals surface area contributed by atoms with Gasteiger partial charge < -0.3 is 10.2 Å². The van der Waals surface area contributed by atoms with Crippen LogP contribution in [-0.2, 0) is 9.84 Å². The van der Waals surface area contributed by atoms with Crippen LogP contribution in [0.3, 0.4) is 0 Å². The van der Waals surface area contributed by atoms with E-state index in [1.54, 1.807) is 6.07 Å². The van der Waals surface area contributed by atoms with Crippen molar-refractivity contribution in [3.63, 3.8) is 0 Å². The van der Waals surface area contributed by atoms with E-state index < -0.39 is 20.4 Å². The number of rotatable bonds is 7. The van der Waals surface area contributed by atoms with Crippen LogP contribution in [0.25, 0.3) is 0 Å². The second-order valence-electron chi connectivity index (χ2n) is 7.38. The fourth-order valence-corrected chi connectivity index (χ4v) is 4.46. The van der Waals surface area contributed by atoms with Crippen molar-refractivity contribution in [2.45, 2.75) is 17.9 Å². The highest BCUT2D eigenvalue weighted by Crippen LogP contribution is 2.27. The molecule has 0 saturated carbocycles. The number of sulfone groups is 1. The zero-order valence-electron chi connectivity index (χ0n) is 16.6. The fraction of sp³-hybridized carbons (Fsp3) is 0.400. The summed E-state index contributed by atoms with van der Waals surface area (Å²) in [7, 11) is -3.69. The van der Waals surface area contributed by atoms with Crippen LogP contribution in [0.1, 0.15) is 6.92 Å². The molecule has 1 heterocycles. The van der Waals surface area contributed by atoms with Gasteiger partial charge in [0.2, 0.25) is 0 Å². The summed E-state index contributed by atoms with van der Waals surface area (Å²) in [4.78, 5) is 14.9. The first kappa shape index (κ1) is 21.1. The first-order valence-electron chi connectivity index (χ1n) is 9.51. The SMILES string of the molecule is CC(CN1CCN(c2ccccc2)CC1)Nc1ccc([N+](=O)[O-])c(S(C)(=O)=O)c1. The topological polar surface area (TPSA) is 95.8 Å². The lowest BCUT2D eigenvalue weighted by Crippen LogP contribution is -2.49. The van der Waals surface area contributed by atoms with Crippen molar-refractivity contribution in [3.8, 4) is 0 Å². The van der Waals surface area contributed by atoms with Crippen molar-refractivity contribution < 1.29 is 13.3 Å². The number of benzene rings is 2. The highest BCUT2D eigenvalue weighted by Gasteiger charge is 2.23. The van der Waals surface area contributed by atoms with Gasteiger partial charge in [0.25, 0.3) is 5.69 Å². The van der Waals surface area contributed by atoms with E-state index in [0.29, 0.717) is 5.69 Å². The van der Waals surface area contributed by atoms with E-state index in [2.05, 4.69) is 27.2 Å². The molecule has 29 heavy (non-hydrogen) atoms. The number of nitrogens with one attached hydrogen (secondary N) is 1. The molecule has 1 fully saturated rings. The monoisotopic (exact) mass is 418 g/mol. The Labute approximate surface area is 171 Å². The summed E-state index contributed by atoms with van der Waals surface area (Å²) in [6.45, 7) is 6.60. The molecule has 1 N–H and O–H groups in total. The van der Waals surface area contributed by atoms with Gasteiger partial charge in [0, 0.05) is 62.5 Å². The van der Waals surface area contributed by atoms with Gasteiger partial charge in [-0.15, -0.1) is 0 Å². The molecule has 8 nitrogen and oxygen atoms in total. The van der Waals surface area contributed by atoms with E-state index >= 15 is 0 Å². The fourth-order valence-electron chi connectivity index (χ4n) is 3.60. The standard InChI is InChI=1S/C20H26N4O4S/c1-16(15-22-10-12-23(13-11-22)18-6-4-3-5-7-18)21-17-8-9-19(24(25)26)20(14-17)29(2,27)28/h3-9,14,16,21H,10-13,15H2,1-2H3. The normalized spacial score (nSPS) is 16.4. The van der Waals surface area contributed by atoms with Crippen molar-refractivity contribution in [1.29, 1.82) is 0 Å². The molecule has 0 spiro atoms. The average Bonchev–Trinajstić information content (AvgIpc) is 2.68. The smallest absolute Gasteiger partial charge is 0.288 e. The Balaban J connectivity index is 1.59. The lowest BCUT2D eigenvalue weighted by molar-refractivity contribution is -0.387. The Bertz CT molecular complexity index is 958. The molecular formula is C20H26N4O4S. The molecule has 2 aromatic rings. The molecule has 1 atom stereocenters. The molecule has 156 valence electrons. The minimum absolute atomic E-state index is 0.0622. The number of para-hydroxylation sites is 1. The van der Waals surface area contributed by atoms with E-state index in [9.17, 15) is 18.5 Å². The Hall–Kier alpha value is -2.65. The quantitative estimate of drug-likeness (QED) is 0.545. The summed E-state index contributed by atoms with van der Waals surface area (Å²) in [5.74, 6) is 0. The van der Waals surface area contributed by atoms with E-state index in [0.717, 1.165) is 39.0 Å². The molecule has 1 saturated heterocycles. The summed E-state index contributed by atoms with van der Waals surface area (Å²) in [5.41, 5.74) is 1.40. The van der Waals surface area contributed by atoms with Crippen LogP contribution >= 0.6 is 0 Å². The highest BCUT2D eigenvalue weighted by molar-refractivity contribution is 7.90. The predicted molar refractivity (Wildman–Crippen MR) is 114 cm³/mol. The predicted octanol–water partition coefficient (Wildman–Crippen LogP) is 2.62. The van der Waals surface area contributed by atoms with Gasteiger partial charge in [-0.25, -0.2) is 8.42 Å². The molecule has 1 aliphatic rings. The van der Waals surface area contributed by atoms with Crippen LogP contribution in [0.15, 0.2) is 53.4 Å². The summed E-state index contributed by atoms with van der Waals surface area (Å²) in [6.07, 6.45) is 0.981. The van der Waals surface area contributed by atoms with Gasteiger partial charge >= 0.3 is 0 Å². The molecule has 2 aromatic carbocycles. The molecule has 0 aliphatic carbocycles. The number of piperazine rings is 1. The zero-order valence-corrected chi connectivity index (χ0v) is 17.4. The van der Waals surface area contributed by atoms with Gasteiger partial charge in [-0.3, -0.25) is 15.0 Å². The van der Waals surface area contributed by atoms with Crippen LogP contribution in [0.4, 0.5) is 17.1 Å². The molecule has 0 amide bonds. The van der Waals surface area contributed by atoms with Crippen LogP contribution < -0.4 is 10.2 Å². The van der Waals surface area contributed by atoms with Gasteiger partial charge in [-0.1, -0.05) is 18.2 Å². The minimum Gasteiger partial charge on any atom is -0.381 e. The summed E-state index contributed by atoms with van der Waals surface area (Å²) >= 11 is 0. The molecule has 0 aromatic heterocycles. The summed E-state index contributed by atoms with van der Waals surface area (Å²) < 4.78 is 23.8. The number of nitro benzene ring substituents is 1. The van der Waals surface area contributed by atoms with Crippen molar-refractivity contribution in [1.82, 2.24) is 4.90 Å². The number of nitrogens with zero attached hydrogens (tertiary/aromatic N) is 3. The average molecular weight is 419 g/mol. The Morgan fingerprint density at radius 2 is 1.76 bits per heavy atom. The van der Waals surface area contributed by atoms with Gasteiger partial charge in [-0.2, -0.15) is 0 Å². The molecular weight excluding hydrogens is 392 g/mol. The maximum Gasteiger partial charge on any atom is 0.288 e. The molecule has 1 aliphatic heterocycles. The summed E-state index contributed by atoms with van der Waals surface area (Å²) in [5, 5.41) is 14.4. The van der Waals surface area contributed by atoms with Crippen LogP contribution in [0.5, 0.6) is 0 Å². The van der Waals surface area contributed by atoms with Gasteiger partial charge in [0.15, 0.2) is 9.84 Å². The van der Waals surface area contributed by atoms with Gasteiger partial charge in [-0.05, 0) is 31.2 Å². The molecule has 0 radical (unpaired) electrons. The maximum absolute atomic E-state index is 11.9. The first-order chi connectivity index (χ1) is 13.7. The Morgan fingerprint density at radius 1 is 1.10 bits per heavy atom. The Kier molecular flexibility index (Phi) is 6.39. The largest absolute Gasteiger partial charge is 0.381 e. The van der Waals surface area contributed by atoms with Crippen molar-refractivity contribution in [2.75, 3.05) is 49.2 Å². The first-order valence-corrected chi connectivity index (χ1v) is 11.4. The van der Waals surface area contributed by atoms with Crippen molar-refractivity contribution in [2.24, 2.45) is 0 Å². The second-order valence-corrected chi connectivity index (χ2v) is 9.36.